The Labute approximate surface area is 106 Å². The Morgan fingerprint density at radius 3 is 2.39 bits per heavy atom. The maximum Gasteiger partial charge on any atom is 0.452 e. The maximum atomic E-state index is 11.2. The van der Waals surface area contributed by atoms with Crippen molar-refractivity contribution in [1.29, 1.82) is 0 Å². The highest BCUT2D eigenvalue weighted by Crippen LogP contribution is 2.08. The number of esters is 1. The third kappa shape index (κ3) is 9.26. The summed E-state index contributed by atoms with van der Waals surface area (Å²) < 4.78 is 9.60. The van der Waals surface area contributed by atoms with E-state index in [1.165, 1.54) is 13.0 Å². The molecule has 18 heavy (non-hydrogen) atoms. The van der Waals surface area contributed by atoms with E-state index in [0.717, 1.165) is 6.08 Å². The van der Waals surface area contributed by atoms with Crippen LogP contribution in [0.15, 0.2) is 34.7 Å². The smallest absolute Gasteiger partial charge is 0.452 e. The Balaban J connectivity index is 4.33. The first kappa shape index (κ1) is 16.0. The fourth-order valence-electron chi connectivity index (χ4n) is 0.784. The lowest BCUT2D eigenvalue weighted by Crippen LogP contribution is -2.21. The van der Waals surface area contributed by atoms with Gasteiger partial charge < -0.3 is 9.47 Å². The highest BCUT2D eigenvalue weighted by molar-refractivity contribution is 5.82. The molecule has 0 fully saturated rings. The molecule has 0 atom stereocenters. The van der Waals surface area contributed by atoms with Gasteiger partial charge in [-0.1, -0.05) is 17.8 Å². The minimum atomic E-state index is -0.810. The molecular formula is C12H18N2O4. The average Bonchev–Trinajstić information content (AvgIpc) is 2.21. The number of nitrogens with zero attached hydrogens (tertiary/aromatic N) is 2. The molecule has 0 aromatic rings. The third-order valence-electron chi connectivity index (χ3n) is 1.35. The topological polar surface area (TPSA) is 77.3 Å². The summed E-state index contributed by atoms with van der Waals surface area (Å²) in [6.07, 6.45) is 1.76. The lowest BCUT2D eigenvalue weighted by molar-refractivity contribution is -0.136. The second-order valence-corrected chi connectivity index (χ2v) is 4.38. The van der Waals surface area contributed by atoms with Crippen LogP contribution < -0.4 is 0 Å². The lowest BCUT2D eigenvalue weighted by atomic mass is 10.2. The van der Waals surface area contributed by atoms with E-state index in [-0.39, 0.29) is 12.3 Å². The number of rotatable bonds is 4. The van der Waals surface area contributed by atoms with Crippen LogP contribution in [0.4, 0.5) is 4.79 Å². The van der Waals surface area contributed by atoms with E-state index in [2.05, 4.69) is 16.8 Å². The van der Waals surface area contributed by atoms with Crippen molar-refractivity contribution < 1.29 is 19.1 Å². The molecule has 0 aromatic carbocycles. The number of carbonyl (C=O) groups is 2. The van der Waals surface area contributed by atoms with Crippen LogP contribution >= 0.6 is 0 Å². The molecule has 0 bridgehead atoms. The van der Waals surface area contributed by atoms with Crippen molar-refractivity contribution >= 4 is 12.1 Å². The van der Waals surface area contributed by atoms with Gasteiger partial charge in [0.25, 0.3) is 0 Å². The molecular weight excluding hydrogens is 236 g/mol. The third-order valence-corrected chi connectivity index (χ3v) is 1.35. The summed E-state index contributed by atoms with van der Waals surface area (Å²) in [6.45, 7) is 10.2. The molecule has 6 heteroatoms. The molecule has 1 amide bonds. The summed E-state index contributed by atoms with van der Waals surface area (Å²) in [7, 11) is 0. The molecule has 0 saturated carbocycles. The van der Waals surface area contributed by atoms with Gasteiger partial charge in [-0.15, -0.1) is 5.11 Å². The zero-order valence-corrected chi connectivity index (χ0v) is 11.1. The molecule has 0 aliphatic carbocycles. The summed E-state index contributed by atoms with van der Waals surface area (Å²) in [6, 6.07) is 0. The second-order valence-electron chi connectivity index (χ2n) is 4.38. The number of allylic oxidation sites excluding steroid dienone is 1. The van der Waals surface area contributed by atoms with Gasteiger partial charge >= 0.3 is 12.1 Å². The first-order valence-corrected chi connectivity index (χ1v) is 5.35. The lowest BCUT2D eigenvalue weighted by Gasteiger charge is -2.16. The molecule has 0 rings (SSSR count). The SMILES string of the molecule is C=CCOC(=O)/C=C(\C)N=NC(=O)OC(C)(C)C. The number of hydrogen-bond acceptors (Lipinski definition) is 5. The Morgan fingerprint density at radius 1 is 1.28 bits per heavy atom. The van der Waals surface area contributed by atoms with Crippen LogP contribution in [0.1, 0.15) is 27.7 Å². The van der Waals surface area contributed by atoms with Crippen molar-refractivity contribution in [2.45, 2.75) is 33.3 Å². The van der Waals surface area contributed by atoms with Gasteiger partial charge in [-0.05, 0) is 27.7 Å². The number of carbonyl (C=O) groups excluding carboxylic acids is 2. The molecule has 0 aromatic heterocycles. The van der Waals surface area contributed by atoms with Crippen molar-refractivity contribution in [2.24, 2.45) is 10.2 Å². The van der Waals surface area contributed by atoms with E-state index < -0.39 is 17.7 Å². The predicted octanol–water partition coefficient (Wildman–Crippen LogP) is 3.01. The summed E-state index contributed by atoms with van der Waals surface area (Å²) in [5, 5.41) is 6.85. The fraction of sp³-hybridized carbons (Fsp3) is 0.500. The molecule has 6 nitrogen and oxygen atoms in total. The summed E-state index contributed by atoms with van der Waals surface area (Å²) in [4.78, 5) is 22.3. The van der Waals surface area contributed by atoms with Crippen LogP contribution in [0, 0.1) is 0 Å². The molecule has 0 aliphatic rings. The molecule has 0 radical (unpaired) electrons. The summed E-state index contributed by atoms with van der Waals surface area (Å²) in [5.74, 6) is -0.574. The van der Waals surface area contributed by atoms with Crippen LogP contribution in [0.25, 0.3) is 0 Å². The molecule has 0 N–H and O–H groups in total. The Hall–Kier alpha value is -1.98. The van der Waals surface area contributed by atoms with E-state index in [9.17, 15) is 9.59 Å². The van der Waals surface area contributed by atoms with Crippen molar-refractivity contribution in [3.63, 3.8) is 0 Å². The minimum Gasteiger partial charge on any atom is -0.458 e. The monoisotopic (exact) mass is 254 g/mol. The number of hydrogen-bond donors (Lipinski definition) is 0. The van der Waals surface area contributed by atoms with E-state index in [1.54, 1.807) is 20.8 Å². The molecule has 0 unspecified atom stereocenters. The van der Waals surface area contributed by atoms with Gasteiger partial charge in [0.05, 0.1) is 5.70 Å². The summed E-state index contributed by atoms with van der Waals surface area (Å²) >= 11 is 0. The summed E-state index contributed by atoms with van der Waals surface area (Å²) in [5.41, 5.74) is -0.383. The van der Waals surface area contributed by atoms with E-state index in [4.69, 9.17) is 9.47 Å². The molecule has 0 aliphatic heterocycles. The highest BCUT2D eigenvalue weighted by atomic mass is 16.6. The van der Waals surface area contributed by atoms with Crippen LogP contribution in [-0.2, 0) is 14.3 Å². The molecule has 0 spiro atoms. The van der Waals surface area contributed by atoms with Crippen molar-refractivity contribution in [2.75, 3.05) is 6.61 Å². The normalized spacial score (nSPS) is 12.3. The Kier molecular flexibility index (Phi) is 6.56. The Morgan fingerprint density at radius 2 is 1.89 bits per heavy atom. The van der Waals surface area contributed by atoms with Crippen LogP contribution in [0.5, 0.6) is 0 Å². The van der Waals surface area contributed by atoms with Crippen LogP contribution in [0.2, 0.25) is 0 Å². The zero-order chi connectivity index (χ0) is 14.2. The van der Waals surface area contributed by atoms with Gasteiger partial charge in [-0.2, -0.15) is 0 Å². The largest absolute Gasteiger partial charge is 0.458 e. The van der Waals surface area contributed by atoms with Crippen molar-refractivity contribution in [3.05, 3.63) is 24.4 Å². The van der Waals surface area contributed by atoms with Gasteiger partial charge in [0.15, 0.2) is 0 Å². The van der Waals surface area contributed by atoms with Crippen molar-refractivity contribution in [1.82, 2.24) is 0 Å². The van der Waals surface area contributed by atoms with Gasteiger partial charge in [-0.25, -0.2) is 9.59 Å². The number of azo groups is 1. The highest BCUT2D eigenvalue weighted by Gasteiger charge is 2.15. The number of amides is 1. The first-order chi connectivity index (χ1) is 8.24. The van der Waals surface area contributed by atoms with Crippen LogP contribution in [0.3, 0.4) is 0 Å². The number of ether oxygens (including phenoxy) is 2. The molecule has 0 heterocycles. The predicted molar refractivity (Wildman–Crippen MR) is 66.0 cm³/mol. The quantitative estimate of drug-likeness (QED) is 0.334. The molecule has 0 saturated heterocycles. The van der Waals surface area contributed by atoms with Crippen LogP contribution in [-0.4, -0.2) is 24.3 Å². The minimum absolute atomic E-state index is 0.117. The van der Waals surface area contributed by atoms with Gasteiger partial charge in [0, 0.05) is 6.08 Å². The zero-order valence-electron chi connectivity index (χ0n) is 11.1. The van der Waals surface area contributed by atoms with Gasteiger partial charge in [0.2, 0.25) is 0 Å². The first-order valence-electron chi connectivity index (χ1n) is 5.35. The van der Waals surface area contributed by atoms with Gasteiger partial charge in [-0.3, -0.25) is 0 Å². The average molecular weight is 254 g/mol. The Bertz CT molecular complexity index is 378. The van der Waals surface area contributed by atoms with E-state index in [1.807, 2.05) is 0 Å². The van der Waals surface area contributed by atoms with Crippen molar-refractivity contribution in [3.8, 4) is 0 Å². The van der Waals surface area contributed by atoms with E-state index >= 15 is 0 Å². The second kappa shape index (κ2) is 7.37. The van der Waals surface area contributed by atoms with Gasteiger partial charge in [0.1, 0.15) is 12.2 Å². The molecule has 100 valence electrons. The maximum absolute atomic E-state index is 11.2. The standard InChI is InChI=1S/C12H18N2O4/c1-6-7-17-10(15)8-9(2)13-14-11(16)18-12(3,4)5/h6,8H,1,7H2,2-5H3/b9-8+,14-13?. The fourth-order valence-corrected chi connectivity index (χ4v) is 0.784. The van der Waals surface area contributed by atoms with E-state index in [0.29, 0.717) is 0 Å².